The number of aliphatic hydroxyl groups is 1. The van der Waals surface area contributed by atoms with Crippen molar-refractivity contribution in [3.05, 3.63) is 35.4 Å². The van der Waals surface area contributed by atoms with Crippen LogP contribution in [0.3, 0.4) is 0 Å². The van der Waals surface area contributed by atoms with Crippen LogP contribution in [0.1, 0.15) is 61.4 Å². The van der Waals surface area contributed by atoms with E-state index in [9.17, 15) is 23.1 Å². The molecule has 0 spiro atoms. The molecule has 0 aliphatic carbocycles. The number of carbonyl (C=O) groups excluding carboxylic acids is 1. The topological polar surface area (TPSA) is 52.9 Å². The fraction of sp³-hybridized carbons (Fsp3) is 0.556. The van der Waals surface area contributed by atoms with Crippen molar-refractivity contribution >= 4 is 11.6 Å². The van der Waals surface area contributed by atoms with Gasteiger partial charge in [-0.15, -0.1) is 0 Å². The van der Waals surface area contributed by atoms with E-state index >= 15 is 0 Å². The van der Waals surface area contributed by atoms with E-state index in [0.717, 1.165) is 24.8 Å². The number of hydrogen-bond donors (Lipinski definition) is 1. The highest BCUT2D eigenvalue weighted by molar-refractivity contribution is 5.98. The number of aryl methyl sites for hydroxylation is 1. The van der Waals surface area contributed by atoms with Gasteiger partial charge in [-0.3, -0.25) is 4.79 Å². The third kappa shape index (κ3) is 4.21. The molecular weight excluding hydrogens is 333 g/mol. The summed E-state index contributed by atoms with van der Waals surface area (Å²) in [4.78, 5) is 12.5. The van der Waals surface area contributed by atoms with Crippen LogP contribution in [-0.2, 0) is 0 Å². The molecule has 1 N–H and O–H groups in total. The Morgan fingerprint density at radius 2 is 2.04 bits per heavy atom. The lowest BCUT2D eigenvalue weighted by atomic mass is 10.0. The predicted octanol–water partition coefficient (Wildman–Crippen LogP) is 4.42. The minimum absolute atomic E-state index is 0.0682. The van der Waals surface area contributed by atoms with Gasteiger partial charge in [0.25, 0.3) is 11.6 Å². The summed E-state index contributed by atoms with van der Waals surface area (Å²) in [7, 11) is 0. The van der Waals surface area contributed by atoms with E-state index in [1.165, 1.54) is 12.1 Å². The molecule has 2 rings (SSSR count). The van der Waals surface area contributed by atoms with Crippen molar-refractivity contribution < 1.29 is 23.1 Å². The molecule has 0 radical (unpaired) electrons. The van der Waals surface area contributed by atoms with Gasteiger partial charge in [-0.1, -0.05) is 43.9 Å². The first-order valence-corrected chi connectivity index (χ1v) is 8.45. The molecule has 0 unspecified atom stereocenters. The molecule has 1 heterocycles. The van der Waals surface area contributed by atoms with Crippen molar-refractivity contribution in [1.29, 1.82) is 0 Å². The highest BCUT2D eigenvalue weighted by Crippen LogP contribution is 2.41. The van der Waals surface area contributed by atoms with Gasteiger partial charge >= 0.3 is 6.18 Å². The lowest BCUT2D eigenvalue weighted by Gasteiger charge is -2.32. The zero-order valence-electron chi connectivity index (χ0n) is 14.4. The first-order valence-electron chi connectivity index (χ1n) is 8.45. The molecule has 1 aliphatic heterocycles. The summed E-state index contributed by atoms with van der Waals surface area (Å²) in [6.45, 7) is 3.77. The largest absolute Gasteiger partial charge is 0.438 e. The standard InChI is InChI=1S/C18H23F3N2O2/c1-3-4-5-6-10-15-12-17(25,18(19,20)21)23(22-15)16(24)14-9-7-8-13(2)11-14/h7-9,11,25H,3-6,10,12H2,1-2H3/t17-/m0/s1. The Kier molecular flexibility index (Phi) is 5.87. The van der Waals surface area contributed by atoms with E-state index in [0.29, 0.717) is 12.8 Å². The molecule has 1 aromatic rings. The second kappa shape index (κ2) is 7.56. The molecule has 0 saturated carbocycles. The van der Waals surface area contributed by atoms with Gasteiger partial charge in [-0.2, -0.15) is 23.3 Å². The van der Waals surface area contributed by atoms with Crippen molar-refractivity contribution in [1.82, 2.24) is 5.01 Å². The number of hydrazone groups is 1. The molecule has 0 fully saturated rings. The second-order valence-electron chi connectivity index (χ2n) is 6.45. The summed E-state index contributed by atoms with van der Waals surface area (Å²) in [6.07, 6.45) is -1.77. The number of unbranched alkanes of at least 4 members (excludes halogenated alkanes) is 3. The van der Waals surface area contributed by atoms with Gasteiger partial charge in [0, 0.05) is 17.7 Å². The van der Waals surface area contributed by atoms with Crippen molar-refractivity contribution in [3.63, 3.8) is 0 Å². The van der Waals surface area contributed by atoms with Crippen LogP contribution in [0.5, 0.6) is 0 Å². The lowest BCUT2D eigenvalue weighted by Crippen LogP contribution is -2.56. The molecule has 138 valence electrons. The highest BCUT2D eigenvalue weighted by Gasteiger charge is 2.63. The Bertz CT molecular complexity index is 658. The molecule has 1 aliphatic rings. The quantitative estimate of drug-likeness (QED) is 0.767. The van der Waals surface area contributed by atoms with Gasteiger partial charge in [0.2, 0.25) is 0 Å². The van der Waals surface area contributed by atoms with Crippen molar-refractivity contribution in [2.45, 2.75) is 64.3 Å². The molecule has 1 atom stereocenters. The number of amides is 1. The maximum Gasteiger partial charge on any atom is 0.438 e. The number of carbonyl (C=O) groups is 1. The second-order valence-corrected chi connectivity index (χ2v) is 6.45. The molecule has 25 heavy (non-hydrogen) atoms. The Balaban J connectivity index is 2.26. The fourth-order valence-corrected chi connectivity index (χ4v) is 2.85. The van der Waals surface area contributed by atoms with E-state index in [1.807, 2.05) is 6.92 Å². The summed E-state index contributed by atoms with van der Waals surface area (Å²) in [5, 5.41) is 14.3. The van der Waals surface area contributed by atoms with Crippen LogP contribution in [0.25, 0.3) is 0 Å². The summed E-state index contributed by atoms with van der Waals surface area (Å²) in [5.74, 6) is -0.952. The third-order valence-electron chi connectivity index (χ3n) is 4.27. The molecule has 4 nitrogen and oxygen atoms in total. The predicted molar refractivity (Wildman–Crippen MR) is 89.2 cm³/mol. The molecule has 1 amide bonds. The van der Waals surface area contributed by atoms with Gasteiger partial charge < -0.3 is 5.11 Å². The van der Waals surface area contributed by atoms with Gasteiger partial charge in [0.1, 0.15) is 0 Å². The molecule has 0 aromatic heterocycles. The van der Waals surface area contributed by atoms with Crippen LogP contribution in [0, 0.1) is 6.92 Å². The summed E-state index contributed by atoms with van der Waals surface area (Å²) >= 11 is 0. The number of alkyl halides is 3. The van der Waals surface area contributed by atoms with Crippen LogP contribution in [0.2, 0.25) is 0 Å². The lowest BCUT2D eigenvalue weighted by molar-refractivity contribution is -0.297. The monoisotopic (exact) mass is 356 g/mol. The van der Waals surface area contributed by atoms with E-state index in [2.05, 4.69) is 5.10 Å². The van der Waals surface area contributed by atoms with Crippen LogP contribution < -0.4 is 0 Å². The summed E-state index contributed by atoms with van der Waals surface area (Å²) < 4.78 is 40.3. The van der Waals surface area contributed by atoms with E-state index in [1.54, 1.807) is 19.1 Å². The Morgan fingerprint density at radius 1 is 1.32 bits per heavy atom. The first kappa shape index (κ1) is 19.4. The SMILES string of the molecule is CCCCCCC1=NN(C(=O)c2cccc(C)c2)[C@@](O)(C(F)(F)F)C1. The number of benzene rings is 1. The number of hydrogen-bond acceptors (Lipinski definition) is 3. The van der Waals surface area contributed by atoms with E-state index in [-0.39, 0.29) is 16.3 Å². The molecule has 0 saturated heterocycles. The van der Waals surface area contributed by atoms with Gasteiger partial charge in [0.05, 0.1) is 0 Å². The third-order valence-corrected chi connectivity index (χ3v) is 4.27. The maximum atomic E-state index is 13.4. The van der Waals surface area contributed by atoms with Crippen LogP contribution in [-0.4, -0.2) is 33.6 Å². The van der Waals surface area contributed by atoms with Gasteiger partial charge in [-0.05, 0) is 31.9 Å². The normalized spacial score (nSPS) is 20.7. The van der Waals surface area contributed by atoms with Crippen LogP contribution >= 0.6 is 0 Å². The Hall–Kier alpha value is -1.89. The van der Waals surface area contributed by atoms with E-state index < -0.39 is 24.2 Å². The summed E-state index contributed by atoms with van der Waals surface area (Å²) in [6, 6.07) is 6.22. The van der Waals surface area contributed by atoms with E-state index in [4.69, 9.17) is 0 Å². The number of nitrogens with zero attached hydrogens (tertiary/aromatic N) is 2. The average molecular weight is 356 g/mol. The number of halogens is 3. The van der Waals surface area contributed by atoms with Crippen molar-refractivity contribution in [2.24, 2.45) is 5.10 Å². The van der Waals surface area contributed by atoms with Gasteiger partial charge in [-0.25, -0.2) is 0 Å². The smallest absolute Gasteiger partial charge is 0.362 e. The van der Waals surface area contributed by atoms with Crippen molar-refractivity contribution in [3.8, 4) is 0 Å². The maximum absolute atomic E-state index is 13.4. The highest BCUT2D eigenvalue weighted by atomic mass is 19.4. The first-order chi connectivity index (χ1) is 11.7. The van der Waals surface area contributed by atoms with Gasteiger partial charge in [0.15, 0.2) is 0 Å². The Labute approximate surface area is 145 Å². The zero-order valence-corrected chi connectivity index (χ0v) is 14.4. The molecular formula is C18H23F3N2O2. The minimum Gasteiger partial charge on any atom is -0.362 e. The molecule has 0 bridgehead atoms. The fourth-order valence-electron chi connectivity index (χ4n) is 2.85. The molecule has 7 heteroatoms. The molecule has 1 aromatic carbocycles. The Morgan fingerprint density at radius 3 is 2.64 bits per heavy atom. The summed E-state index contributed by atoms with van der Waals surface area (Å²) in [5.41, 5.74) is -2.27. The zero-order chi connectivity index (χ0) is 18.7. The van der Waals surface area contributed by atoms with Crippen molar-refractivity contribution in [2.75, 3.05) is 0 Å². The number of rotatable bonds is 6. The average Bonchev–Trinajstić information content (AvgIpc) is 2.89. The van der Waals surface area contributed by atoms with Crippen LogP contribution in [0.15, 0.2) is 29.4 Å². The van der Waals surface area contributed by atoms with Crippen LogP contribution in [0.4, 0.5) is 13.2 Å². The minimum atomic E-state index is -4.98.